The summed E-state index contributed by atoms with van der Waals surface area (Å²) in [6.07, 6.45) is 1.73. The molecule has 1 aromatic rings. The van der Waals surface area contributed by atoms with E-state index in [9.17, 15) is 8.42 Å². The molecular formula is C12H19ClN2O2S2. The number of halogens is 1. The van der Waals surface area contributed by atoms with Crippen molar-refractivity contribution in [3.63, 3.8) is 0 Å². The molecule has 4 nitrogen and oxygen atoms in total. The van der Waals surface area contributed by atoms with Crippen molar-refractivity contribution in [2.24, 2.45) is 0 Å². The molecule has 2 unspecified atom stereocenters. The van der Waals surface area contributed by atoms with Crippen LogP contribution in [0.2, 0.25) is 4.34 Å². The van der Waals surface area contributed by atoms with Gasteiger partial charge in [-0.3, -0.25) is 0 Å². The van der Waals surface area contributed by atoms with Gasteiger partial charge in [0.2, 0.25) is 0 Å². The van der Waals surface area contributed by atoms with E-state index in [1.165, 1.54) is 0 Å². The van der Waals surface area contributed by atoms with Crippen molar-refractivity contribution in [1.82, 2.24) is 9.62 Å². The molecule has 0 bridgehead atoms. The summed E-state index contributed by atoms with van der Waals surface area (Å²) in [4.78, 5) is 0. The zero-order chi connectivity index (χ0) is 14.0. The van der Waals surface area contributed by atoms with E-state index >= 15 is 0 Å². The third kappa shape index (κ3) is 3.13. The highest BCUT2D eigenvalue weighted by molar-refractivity contribution is 7.91. The van der Waals surface area contributed by atoms with Crippen LogP contribution in [-0.4, -0.2) is 37.9 Å². The van der Waals surface area contributed by atoms with Crippen molar-refractivity contribution >= 4 is 33.0 Å². The molecule has 1 N–H and O–H groups in total. The van der Waals surface area contributed by atoms with Crippen molar-refractivity contribution < 1.29 is 8.42 Å². The Bertz CT molecular complexity index is 530. The van der Waals surface area contributed by atoms with E-state index in [2.05, 4.69) is 12.2 Å². The molecule has 0 spiro atoms. The fourth-order valence-electron chi connectivity index (χ4n) is 2.30. The van der Waals surface area contributed by atoms with Crippen LogP contribution in [0.25, 0.3) is 0 Å². The van der Waals surface area contributed by atoms with E-state index in [0.29, 0.717) is 21.6 Å². The molecular weight excluding hydrogens is 304 g/mol. The van der Waals surface area contributed by atoms with Crippen LogP contribution in [0.5, 0.6) is 0 Å². The third-order valence-corrected chi connectivity index (χ3v) is 7.14. The number of hydrogen-bond donors (Lipinski definition) is 1. The lowest BCUT2D eigenvalue weighted by atomic mass is 10.1. The molecule has 2 heterocycles. The number of nitrogens with zero attached hydrogens (tertiary/aromatic N) is 1. The summed E-state index contributed by atoms with van der Waals surface area (Å²) < 4.78 is 27.8. The zero-order valence-electron chi connectivity index (χ0n) is 11.1. The van der Waals surface area contributed by atoms with Gasteiger partial charge in [-0.2, -0.15) is 4.31 Å². The van der Waals surface area contributed by atoms with Crippen LogP contribution in [0.3, 0.4) is 0 Å². The van der Waals surface area contributed by atoms with Gasteiger partial charge in [-0.05, 0) is 25.0 Å². The van der Waals surface area contributed by atoms with E-state index < -0.39 is 10.0 Å². The summed E-state index contributed by atoms with van der Waals surface area (Å²) in [5.74, 6) is 0. The van der Waals surface area contributed by atoms with Gasteiger partial charge in [-0.25, -0.2) is 8.42 Å². The summed E-state index contributed by atoms with van der Waals surface area (Å²) >= 11 is 6.98. The third-order valence-electron chi connectivity index (χ3n) is 3.53. The number of piperazine rings is 1. The molecule has 2 atom stereocenters. The molecule has 108 valence electrons. The summed E-state index contributed by atoms with van der Waals surface area (Å²) in [6.45, 7) is 5.33. The Labute approximate surface area is 123 Å². The van der Waals surface area contributed by atoms with E-state index in [1.807, 2.05) is 6.92 Å². The van der Waals surface area contributed by atoms with Crippen LogP contribution in [0.1, 0.15) is 26.7 Å². The Morgan fingerprint density at radius 2 is 2.16 bits per heavy atom. The molecule has 7 heteroatoms. The molecule has 1 fully saturated rings. The molecule has 0 radical (unpaired) electrons. The second-order valence-electron chi connectivity index (χ2n) is 4.71. The Morgan fingerprint density at radius 3 is 2.68 bits per heavy atom. The number of nitrogens with one attached hydrogen (secondary N) is 1. The highest BCUT2D eigenvalue weighted by Gasteiger charge is 2.36. The maximum absolute atomic E-state index is 12.7. The van der Waals surface area contributed by atoms with Gasteiger partial charge in [0.1, 0.15) is 4.21 Å². The molecule has 19 heavy (non-hydrogen) atoms. The Morgan fingerprint density at radius 1 is 1.42 bits per heavy atom. The molecule has 1 aromatic heterocycles. The summed E-state index contributed by atoms with van der Waals surface area (Å²) in [5, 5.41) is 3.40. The average Bonchev–Trinajstić information content (AvgIpc) is 2.85. The highest BCUT2D eigenvalue weighted by Crippen LogP contribution is 2.30. The largest absolute Gasteiger partial charge is 0.311 e. The smallest absolute Gasteiger partial charge is 0.252 e. The van der Waals surface area contributed by atoms with Gasteiger partial charge in [-0.15, -0.1) is 11.3 Å². The summed E-state index contributed by atoms with van der Waals surface area (Å²) in [5.41, 5.74) is 0. The first-order valence-electron chi connectivity index (χ1n) is 6.49. The molecule has 1 saturated heterocycles. The second-order valence-corrected chi connectivity index (χ2v) is 8.54. The normalized spacial score (nSPS) is 25.6. The lowest BCUT2D eigenvalue weighted by Crippen LogP contribution is -2.57. The van der Waals surface area contributed by atoms with E-state index in [4.69, 9.17) is 11.6 Å². The topological polar surface area (TPSA) is 49.4 Å². The molecule has 1 aliphatic heterocycles. The number of rotatable bonds is 4. The van der Waals surface area contributed by atoms with Crippen LogP contribution in [0.4, 0.5) is 0 Å². The van der Waals surface area contributed by atoms with E-state index in [-0.39, 0.29) is 12.1 Å². The van der Waals surface area contributed by atoms with Crippen LogP contribution in [0, 0.1) is 0 Å². The quantitative estimate of drug-likeness (QED) is 0.926. The standard InChI is InChI=1S/C12H19ClN2O2S2/c1-3-9-8-15(10(4-2)7-14-9)19(16,17)12-6-5-11(13)18-12/h5-6,9-10,14H,3-4,7-8H2,1-2H3. The average molecular weight is 323 g/mol. The maximum Gasteiger partial charge on any atom is 0.252 e. The molecule has 0 amide bonds. The maximum atomic E-state index is 12.7. The molecule has 0 saturated carbocycles. The lowest BCUT2D eigenvalue weighted by Gasteiger charge is -2.38. The molecule has 0 aliphatic carbocycles. The summed E-state index contributed by atoms with van der Waals surface area (Å²) in [6, 6.07) is 3.49. The van der Waals surface area contributed by atoms with Crippen LogP contribution < -0.4 is 5.32 Å². The number of hydrogen-bond acceptors (Lipinski definition) is 4. The van der Waals surface area contributed by atoms with Gasteiger partial charge in [0.25, 0.3) is 10.0 Å². The minimum atomic E-state index is -3.42. The minimum Gasteiger partial charge on any atom is -0.311 e. The van der Waals surface area contributed by atoms with Gasteiger partial charge in [0, 0.05) is 25.2 Å². The predicted molar refractivity (Wildman–Crippen MR) is 79.4 cm³/mol. The van der Waals surface area contributed by atoms with Gasteiger partial charge < -0.3 is 5.32 Å². The van der Waals surface area contributed by atoms with Crippen molar-refractivity contribution in [3.05, 3.63) is 16.5 Å². The molecule has 1 aliphatic rings. The Kier molecular flexibility index (Phi) is 4.89. The zero-order valence-corrected chi connectivity index (χ0v) is 13.5. The SMILES string of the molecule is CCC1CN(S(=O)(=O)c2ccc(Cl)s2)C(CC)CN1. The Hall–Kier alpha value is -0.140. The summed E-state index contributed by atoms with van der Waals surface area (Å²) in [7, 11) is -3.42. The number of sulfonamides is 1. The first kappa shape index (κ1) is 15.3. The Balaban J connectivity index is 2.30. The van der Waals surface area contributed by atoms with E-state index in [0.717, 1.165) is 24.2 Å². The second kappa shape index (κ2) is 6.10. The fraction of sp³-hybridized carbons (Fsp3) is 0.667. The highest BCUT2D eigenvalue weighted by atomic mass is 35.5. The predicted octanol–water partition coefficient (Wildman–Crippen LogP) is 2.55. The van der Waals surface area contributed by atoms with Crippen molar-refractivity contribution in [1.29, 1.82) is 0 Å². The number of thiophene rings is 1. The first-order chi connectivity index (χ1) is 8.98. The van der Waals surface area contributed by atoms with Crippen LogP contribution in [-0.2, 0) is 10.0 Å². The van der Waals surface area contributed by atoms with Crippen LogP contribution in [0.15, 0.2) is 16.3 Å². The van der Waals surface area contributed by atoms with Crippen LogP contribution >= 0.6 is 22.9 Å². The monoisotopic (exact) mass is 322 g/mol. The van der Waals surface area contributed by atoms with Crippen molar-refractivity contribution in [2.75, 3.05) is 13.1 Å². The molecule has 2 rings (SSSR count). The minimum absolute atomic E-state index is 0.0219. The fourth-order valence-corrected chi connectivity index (χ4v) is 5.66. The lowest BCUT2D eigenvalue weighted by molar-refractivity contribution is 0.216. The van der Waals surface area contributed by atoms with Crippen molar-refractivity contribution in [3.8, 4) is 0 Å². The van der Waals surface area contributed by atoms with E-state index in [1.54, 1.807) is 16.4 Å². The molecule has 0 aromatic carbocycles. The van der Waals surface area contributed by atoms with Gasteiger partial charge in [-0.1, -0.05) is 25.4 Å². The van der Waals surface area contributed by atoms with Gasteiger partial charge in [0.05, 0.1) is 4.34 Å². The van der Waals surface area contributed by atoms with Crippen molar-refractivity contribution in [2.45, 2.75) is 43.0 Å². The van der Waals surface area contributed by atoms with Gasteiger partial charge >= 0.3 is 0 Å². The van der Waals surface area contributed by atoms with Gasteiger partial charge in [0.15, 0.2) is 0 Å². The first-order valence-corrected chi connectivity index (χ1v) is 9.13.